The second kappa shape index (κ2) is 7.19. The Morgan fingerprint density at radius 2 is 2.00 bits per heavy atom. The summed E-state index contributed by atoms with van der Waals surface area (Å²) in [5.74, 6) is 0.759. The normalized spacial score (nSPS) is 25.0. The lowest BCUT2D eigenvalue weighted by molar-refractivity contribution is 0.212. The summed E-state index contributed by atoms with van der Waals surface area (Å²) in [5, 5.41) is 13.0. The zero-order valence-electron chi connectivity index (χ0n) is 14.0. The van der Waals surface area contributed by atoms with Crippen LogP contribution in [0.25, 0.3) is 0 Å². The van der Waals surface area contributed by atoms with E-state index in [9.17, 15) is 4.79 Å². The first-order chi connectivity index (χ1) is 11.8. The zero-order chi connectivity index (χ0) is 16.4. The van der Waals surface area contributed by atoms with Gasteiger partial charge in [0, 0.05) is 38.6 Å². The molecule has 0 spiro atoms. The van der Waals surface area contributed by atoms with E-state index in [0.29, 0.717) is 11.2 Å². The van der Waals surface area contributed by atoms with Crippen molar-refractivity contribution in [2.75, 3.05) is 31.5 Å². The Morgan fingerprint density at radius 1 is 1.21 bits per heavy atom. The Kier molecular flexibility index (Phi) is 4.80. The molecule has 1 saturated carbocycles. The highest BCUT2D eigenvalue weighted by Crippen LogP contribution is 2.29. The highest BCUT2D eigenvalue weighted by molar-refractivity contribution is 7.15. The smallest absolute Gasteiger partial charge is 0.323 e. The van der Waals surface area contributed by atoms with Gasteiger partial charge in [-0.3, -0.25) is 10.2 Å². The van der Waals surface area contributed by atoms with Crippen LogP contribution in [0.4, 0.5) is 9.93 Å². The molecule has 1 aromatic rings. The first-order valence-corrected chi connectivity index (χ1v) is 9.87. The third-order valence-electron chi connectivity index (χ3n) is 5.43. The van der Waals surface area contributed by atoms with Gasteiger partial charge in [-0.05, 0) is 12.3 Å². The van der Waals surface area contributed by atoms with Crippen molar-refractivity contribution in [1.82, 2.24) is 20.0 Å². The topological polar surface area (TPSA) is 61.4 Å². The summed E-state index contributed by atoms with van der Waals surface area (Å²) >= 11 is 1.53. The van der Waals surface area contributed by atoms with Gasteiger partial charge in [-0.15, -0.1) is 10.2 Å². The summed E-state index contributed by atoms with van der Waals surface area (Å²) in [7, 11) is 0. The van der Waals surface area contributed by atoms with Crippen molar-refractivity contribution in [1.29, 1.82) is 0 Å². The molecule has 2 amide bonds. The number of carbonyl (C=O) groups excluding carboxylic acids is 1. The van der Waals surface area contributed by atoms with E-state index in [1.54, 1.807) is 0 Å². The van der Waals surface area contributed by atoms with E-state index in [-0.39, 0.29) is 6.03 Å². The van der Waals surface area contributed by atoms with Gasteiger partial charge in [0.15, 0.2) is 0 Å². The average Bonchev–Trinajstić information content (AvgIpc) is 3.36. The van der Waals surface area contributed by atoms with E-state index in [2.05, 4.69) is 32.6 Å². The number of rotatable bonds is 4. The molecule has 0 unspecified atom stereocenters. The Hall–Kier alpha value is -1.47. The highest BCUT2D eigenvalue weighted by Gasteiger charge is 2.31. The number of nitrogens with zero attached hydrogens (tertiary/aromatic N) is 4. The van der Waals surface area contributed by atoms with Gasteiger partial charge in [0.25, 0.3) is 0 Å². The number of nitrogens with one attached hydrogen (secondary N) is 1. The van der Waals surface area contributed by atoms with Crippen molar-refractivity contribution in [3.8, 4) is 0 Å². The maximum Gasteiger partial charge on any atom is 0.323 e. The van der Waals surface area contributed by atoms with Crippen LogP contribution in [0.3, 0.4) is 0 Å². The molecule has 7 heteroatoms. The minimum absolute atomic E-state index is 0.0341. The molecule has 3 aliphatic rings. The molecule has 2 fully saturated rings. The first-order valence-electron chi connectivity index (χ1n) is 9.05. The van der Waals surface area contributed by atoms with Crippen LogP contribution in [-0.2, 0) is 6.42 Å². The summed E-state index contributed by atoms with van der Waals surface area (Å²) in [5.41, 5.74) is 0. The number of hydrogen-bond acceptors (Lipinski definition) is 5. The second-order valence-electron chi connectivity index (χ2n) is 7.10. The van der Waals surface area contributed by atoms with Crippen molar-refractivity contribution in [2.24, 2.45) is 5.92 Å². The summed E-state index contributed by atoms with van der Waals surface area (Å²) in [4.78, 5) is 16.8. The molecule has 2 aliphatic heterocycles. The first kappa shape index (κ1) is 16.0. The molecule has 1 aromatic heterocycles. The zero-order valence-corrected chi connectivity index (χ0v) is 14.8. The third kappa shape index (κ3) is 3.62. The largest absolute Gasteiger partial charge is 0.323 e. The van der Waals surface area contributed by atoms with Crippen LogP contribution in [0.15, 0.2) is 12.2 Å². The van der Waals surface area contributed by atoms with Crippen molar-refractivity contribution in [2.45, 2.75) is 44.6 Å². The highest BCUT2D eigenvalue weighted by atomic mass is 32.1. The van der Waals surface area contributed by atoms with Crippen LogP contribution in [0, 0.1) is 5.92 Å². The van der Waals surface area contributed by atoms with Crippen LogP contribution in [0.5, 0.6) is 0 Å². The number of anilines is 1. The Balaban J connectivity index is 1.27. The number of carbonyl (C=O) groups is 1. The molecular formula is C17H25N5OS. The summed E-state index contributed by atoms with van der Waals surface area (Å²) in [6, 6.07) is 0.450. The number of likely N-dealkylation sites (tertiary alicyclic amines) is 1. The van der Waals surface area contributed by atoms with Crippen molar-refractivity contribution >= 4 is 22.5 Å². The molecule has 0 bridgehead atoms. The van der Waals surface area contributed by atoms with E-state index in [1.807, 2.05) is 4.90 Å². The second-order valence-corrected chi connectivity index (χ2v) is 8.16. The molecule has 24 heavy (non-hydrogen) atoms. The fourth-order valence-electron chi connectivity index (χ4n) is 4.04. The van der Waals surface area contributed by atoms with Gasteiger partial charge in [0.2, 0.25) is 5.13 Å². The monoisotopic (exact) mass is 347 g/mol. The number of amides is 2. The standard InChI is InChI=1S/C17H25N5OS/c23-17(22-10-7-14(12-22)21-8-3-4-9-21)18-16-20-19-15(24-16)11-13-5-1-2-6-13/h3-4,13-14H,1-2,5-12H2,(H,18,20,23)/t14-/m1/s1. The van der Waals surface area contributed by atoms with E-state index < -0.39 is 0 Å². The molecule has 1 atom stereocenters. The maximum absolute atomic E-state index is 12.4. The third-order valence-corrected chi connectivity index (χ3v) is 6.29. The molecule has 3 heterocycles. The van der Waals surface area contributed by atoms with Gasteiger partial charge >= 0.3 is 6.03 Å². The van der Waals surface area contributed by atoms with Crippen molar-refractivity contribution < 1.29 is 4.79 Å². The molecule has 4 rings (SSSR count). The molecule has 6 nitrogen and oxygen atoms in total. The van der Waals surface area contributed by atoms with Gasteiger partial charge in [0.1, 0.15) is 5.01 Å². The molecular weight excluding hydrogens is 322 g/mol. The van der Waals surface area contributed by atoms with Gasteiger partial charge in [0.05, 0.1) is 0 Å². The van der Waals surface area contributed by atoms with Crippen LogP contribution in [-0.4, -0.2) is 58.2 Å². The maximum atomic E-state index is 12.4. The summed E-state index contributed by atoms with van der Waals surface area (Å²) in [6.45, 7) is 3.66. The molecule has 0 aromatic carbocycles. The van der Waals surface area contributed by atoms with Crippen LogP contribution < -0.4 is 5.32 Å². The molecule has 1 N–H and O–H groups in total. The minimum atomic E-state index is -0.0341. The van der Waals surface area contributed by atoms with Crippen molar-refractivity contribution in [3.63, 3.8) is 0 Å². The van der Waals surface area contributed by atoms with Crippen molar-refractivity contribution in [3.05, 3.63) is 17.2 Å². The van der Waals surface area contributed by atoms with Crippen LogP contribution in [0.2, 0.25) is 0 Å². The number of urea groups is 1. The SMILES string of the molecule is O=C(Nc1nnc(CC2CCCC2)s1)N1CC[C@@H](N2CC=CC2)C1. The average molecular weight is 347 g/mol. The van der Waals surface area contributed by atoms with Crippen LogP contribution >= 0.6 is 11.3 Å². The number of hydrogen-bond donors (Lipinski definition) is 1. The lowest BCUT2D eigenvalue weighted by Gasteiger charge is -2.23. The molecule has 130 valence electrons. The van der Waals surface area contributed by atoms with E-state index in [0.717, 1.165) is 49.9 Å². The summed E-state index contributed by atoms with van der Waals surface area (Å²) in [6.07, 6.45) is 11.8. The lowest BCUT2D eigenvalue weighted by atomic mass is 10.1. The van der Waals surface area contributed by atoms with Gasteiger partial charge in [-0.25, -0.2) is 4.79 Å². The van der Waals surface area contributed by atoms with Gasteiger partial charge in [-0.2, -0.15) is 0 Å². The van der Waals surface area contributed by atoms with E-state index in [1.165, 1.54) is 37.0 Å². The molecule has 1 saturated heterocycles. The molecule has 1 aliphatic carbocycles. The number of aromatic nitrogens is 2. The summed E-state index contributed by atoms with van der Waals surface area (Å²) < 4.78 is 0. The molecule has 0 radical (unpaired) electrons. The predicted molar refractivity (Wildman–Crippen MR) is 95.3 cm³/mol. The van der Waals surface area contributed by atoms with Gasteiger partial charge < -0.3 is 4.90 Å². The Labute approximate surface area is 146 Å². The quantitative estimate of drug-likeness (QED) is 0.851. The lowest BCUT2D eigenvalue weighted by Crippen LogP contribution is -2.38. The fourth-order valence-corrected chi connectivity index (χ4v) is 4.88. The Morgan fingerprint density at radius 3 is 2.79 bits per heavy atom. The Bertz CT molecular complexity index is 602. The van der Waals surface area contributed by atoms with E-state index >= 15 is 0 Å². The van der Waals surface area contributed by atoms with Crippen LogP contribution in [0.1, 0.15) is 37.1 Å². The van der Waals surface area contributed by atoms with E-state index in [4.69, 9.17) is 0 Å². The van der Waals surface area contributed by atoms with Gasteiger partial charge in [-0.1, -0.05) is 49.2 Å². The minimum Gasteiger partial charge on any atom is -0.323 e. The fraction of sp³-hybridized carbons (Fsp3) is 0.706. The predicted octanol–water partition coefficient (Wildman–Crippen LogP) is 2.75.